The lowest BCUT2D eigenvalue weighted by Crippen LogP contribution is -2.22. The molecule has 0 saturated carbocycles. The van der Waals surface area contributed by atoms with Crippen molar-refractivity contribution in [1.29, 1.82) is 0 Å². The Hall–Kier alpha value is -0.0400. The topological polar surface area (TPSA) is 12.5 Å². The highest BCUT2D eigenvalue weighted by molar-refractivity contribution is 5.09. The number of ether oxygens (including phenoxy) is 1. The third-order valence-electron chi connectivity index (χ3n) is 2.72. The summed E-state index contributed by atoms with van der Waals surface area (Å²) in [5.41, 5.74) is 0.272. The first kappa shape index (κ1) is 7.07. The van der Waals surface area contributed by atoms with Crippen LogP contribution >= 0.6 is 0 Å². The van der Waals surface area contributed by atoms with Crippen LogP contribution in [0.4, 0.5) is 0 Å². The van der Waals surface area contributed by atoms with Gasteiger partial charge < -0.3 is 4.74 Å². The minimum absolute atomic E-state index is 0.126. The van der Waals surface area contributed by atoms with Gasteiger partial charge in [0.15, 0.2) is 0 Å². The summed E-state index contributed by atoms with van der Waals surface area (Å²) in [4.78, 5) is 0. The number of rotatable bonds is 1. The summed E-state index contributed by atoms with van der Waals surface area (Å²) in [7, 11) is 0. The quantitative estimate of drug-likeness (QED) is 0.493. The fourth-order valence-electron chi connectivity index (χ4n) is 1.32. The van der Waals surface area contributed by atoms with Crippen molar-refractivity contribution in [3.63, 3.8) is 0 Å². The van der Waals surface area contributed by atoms with Crippen molar-refractivity contribution in [2.75, 3.05) is 0 Å². The van der Waals surface area contributed by atoms with Crippen LogP contribution < -0.4 is 0 Å². The molecule has 1 unspecified atom stereocenters. The fourth-order valence-corrected chi connectivity index (χ4v) is 1.32. The van der Waals surface area contributed by atoms with Crippen molar-refractivity contribution in [3.8, 4) is 0 Å². The zero-order chi connectivity index (χ0) is 7.28. The Morgan fingerprint density at radius 1 is 1.11 bits per heavy atom. The molecule has 1 rings (SSSR count). The van der Waals surface area contributed by atoms with Gasteiger partial charge >= 0.3 is 0 Å². The molecule has 0 aliphatic carbocycles. The third kappa shape index (κ3) is 0.787. The van der Waals surface area contributed by atoms with Crippen molar-refractivity contribution < 1.29 is 4.74 Å². The summed E-state index contributed by atoms with van der Waals surface area (Å²) in [6.07, 6.45) is 0. The molecular weight excluding hydrogens is 112 g/mol. The fraction of sp³-hybridized carbons (Fsp3) is 1.00. The number of epoxide rings is 1. The van der Waals surface area contributed by atoms with E-state index in [1.807, 2.05) is 0 Å². The Labute approximate surface area is 57.4 Å². The highest BCUT2D eigenvalue weighted by Crippen LogP contribution is 2.51. The van der Waals surface area contributed by atoms with Crippen LogP contribution in [0.3, 0.4) is 0 Å². The molecule has 54 valence electrons. The molecular formula is C8H16O. The van der Waals surface area contributed by atoms with Gasteiger partial charge in [-0.3, -0.25) is 0 Å². The van der Waals surface area contributed by atoms with Crippen LogP contribution in [0, 0.1) is 5.92 Å². The summed E-state index contributed by atoms with van der Waals surface area (Å²) in [5, 5.41) is 0. The molecule has 1 aliphatic rings. The number of hydrogen-bond acceptors (Lipinski definition) is 1. The summed E-state index contributed by atoms with van der Waals surface area (Å²) in [5.74, 6) is 0.632. The Morgan fingerprint density at radius 2 is 1.44 bits per heavy atom. The summed E-state index contributed by atoms with van der Waals surface area (Å²) >= 11 is 0. The molecule has 1 saturated heterocycles. The van der Waals surface area contributed by atoms with Crippen molar-refractivity contribution in [3.05, 3.63) is 0 Å². The zero-order valence-corrected chi connectivity index (χ0v) is 6.99. The van der Waals surface area contributed by atoms with Crippen LogP contribution in [0.2, 0.25) is 0 Å². The maximum absolute atomic E-state index is 5.55. The molecule has 0 N–H and O–H groups in total. The minimum Gasteiger partial charge on any atom is -0.363 e. The molecule has 0 spiro atoms. The Morgan fingerprint density at radius 3 is 1.44 bits per heavy atom. The zero-order valence-electron chi connectivity index (χ0n) is 6.99. The second kappa shape index (κ2) is 1.51. The van der Waals surface area contributed by atoms with E-state index in [2.05, 4.69) is 34.6 Å². The predicted octanol–water partition coefficient (Wildman–Crippen LogP) is 2.21. The van der Waals surface area contributed by atoms with Gasteiger partial charge in [-0.1, -0.05) is 13.8 Å². The Bertz CT molecular complexity index is 127. The lowest BCUT2D eigenvalue weighted by Gasteiger charge is -2.11. The largest absolute Gasteiger partial charge is 0.363 e. The van der Waals surface area contributed by atoms with E-state index < -0.39 is 0 Å². The molecule has 1 heterocycles. The normalized spacial score (nSPS) is 39.3. The average Bonchev–Trinajstić information content (AvgIpc) is 2.08. The molecule has 1 atom stereocenters. The van der Waals surface area contributed by atoms with E-state index in [1.54, 1.807) is 0 Å². The van der Waals surface area contributed by atoms with E-state index in [-0.39, 0.29) is 11.2 Å². The number of hydrogen-bond donors (Lipinski definition) is 0. The van der Waals surface area contributed by atoms with E-state index in [0.717, 1.165) is 0 Å². The smallest absolute Gasteiger partial charge is 0.0969 e. The molecule has 0 amide bonds. The molecule has 1 nitrogen and oxygen atoms in total. The van der Waals surface area contributed by atoms with Crippen LogP contribution in [0.5, 0.6) is 0 Å². The highest BCUT2D eigenvalue weighted by Gasteiger charge is 2.61. The van der Waals surface area contributed by atoms with Crippen LogP contribution in [0.1, 0.15) is 34.6 Å². The van der Waals surface area contributed by atoms with Gasteiger partial charge in [0.25, 0.3) is 0 Å². The maximum Gasteiger partial charge on any atom is 0.0969 e. The third-order valence-corrected chi connectivity index (χ3v) is 2.72. The van der Waals surface area contributed by atoms with Crippen molar-refractivity contribution in [1.82, 2.24) is 0 Å². The van der Waals surface area contributed by atoms with E-state index in [4.69, 9.17) is 4.74 Å². The standard InChI is InChI=1S/C8H16O/c1-6(2)8(5)7(3,4)9-8/h6H,1-5H3. The summed E-state index contributed by atoms with van der Waals surface area (Å²) in [6, 6.07) is 0. The van der Waals surface area contributed by atoms with Crippen LogP contribution in [0.15, 0.2) is 0 Å². The van der Waals surface area contributed by atoms with Gasteiger partial charge in [-0.05, 0) is 26.7 Å². The van der Waals surface area contributed by atoms with Gasteiger partial charge in [0.2, 0.25) is 0 Å². The minimum atomic E-state index is 0.126. The monoisotopic (exact) mass is 128 g/mol. The van der Waals surface area contributed by atoms with E-state index in [0.29, 0.717) is 5.92 Å². The maximum atomic E-state index is 5.55. The first-order valence-electron chi connectivity index (χ1n) is 3.60. The van der Waals surface area contributed by atoms with Crippen LogP contribution in [-0.4, -0.2) is 11.2 Å². The molecule has 9 heavy (non-hydrogen) atoms. The van der Waals surface area contributed by atoms with Crippen LogP contribution in [-0.2, 0) is 4.74 Å². The second-order valence-electron chi connectivity index (χ2n) is 3.87. The lowest BCUT2D eigenvalue weighted by atomic mass is 9.87. The van der Waals surface area contributed by atoms with E-state index >= 15 is 0 Å². The first-order chi connectivity index (χ1) is 3.90. The van der Waals surface area contributed by atoms with Gasteiger partial charge in [0, 0.05) is 0 Å². The molecule has 0 aromatic rings. The molecule has 0 aromatic heterocycles. The van der Waals surface area contributed by atoms with Gasteiger partial charge in [-0.15, -0.1) is 0 Å². The Balaban J connectivity index is 2.63. The first-order valence-corrected chi connectivity index (χ1v) is 3.60. The average molecular weight is 128 g/mol. The summed E-state index contributed by atoms with van der Waals surface area (Å²) < 4.78 is 5.55. The molecule has 0 aromatic carbocycles. The van der Waals surface area contributed by atoms with Crippen LogP contribution in [0.25, 0.3) is 0 Å². The molecule has 1 aliphatic heterocycles. The Kier molecular flexibility index (Phi) is 1.19. The van der Waals surface area contributed by atoms with Crippen molar-refractivity contribution in [2.45, 2.75) is 45.8 Å². The second-order valence-corrected chi connectivity index (χ2v) is 3.87. The van der Waals surface area contributed by atoms with Gasteiger partial charge in [0.1, 0.15) is 0 Å². The summed E-state index contributed by atoms with van der Waals surface area (Å²) in [6.45, 7) is 10.9. The molecule has 1 heteroatoms. The van der Waals surface area contributed by atoms with Gasteiger partial charge in [-0.25, -0.2) is 0 Å². The molecule has 0 radical (unpaired) electrons. The van der Waals surface area contributed by atoms with E-state index in [1.165, 1.54) is 0 Å². The van der Waals surface area contributed by atoms with Crippen molar-refractivity contribution >= 4 is 0 Å². The SMILES string of the molecule is CC(C)C1(C)OC1(C)C. The highest BCUT2D eigenvalue weighted by atomic mass is 16.6. The lowest BCUT2D eigenvalue weighted by molar-refractivity contribution is 0.245. The van der Waals surface area contributed by atoms with Gasteiger partial charge in [0.05, 0.1) is 11.2 Å². The van der Waals surface area contributed by atoms with E-state index in [9.17, 15) is 0 Å². The van der Waals surface area contributed by atoms with Crippen molar-refractivity contribution in [2.24, 2.45) is 5.92 Å². The molecule has 0 bridgehead atoms. The predicted molar refractivity (Wildman–Crippen MR) is 38.4 cm³/mol. The molecule has 1 fully saturated rings. The van der Waals surface area contributed by atoms with Gasteiger partial charge in [-0.2, -0.15) is 0 Å².